The quantitative estimate of drug-likeness (QED) is 0.429. The number of aliphatic hydroxyl groups is 1. The predicted molar refractivity (Wildman–Crippen MR) is 133 cm³/mol. The minimum atomic E-state index is -0.404. The minimum absolute atomic E-state index is 0.0516. The van der Waals surface area contributed by atoms with Crippen molar-refractivity contribution in [2.24, 2.45) is 38.9 Å². The Hall–Kier alpha value is -1.84. The molecule has 34 heavy (non-hydrogen) atoms. The molecule has 0 spiro atoms. The molecule has 0 aromatic carbocycles. The molecule has 0 radical (unpaired) electrons. The lowest BCUT2D eigenvalue weighted by atomic mass is 9.32. The van der Waals surface area contributed by atoms with Crippen molar-refractivity contribution in [1.29, 1.82) is 0 Å². The number of fused-ring (bicyclic) bond motifs is 7. The summed E-state index contributed by atoms with van der Waals surface area (Å²) in [6.07, 6.45) is 12.4. The fourth-order valence-electron chi connectivity index (χ4n) is 9.52. The summed E-state index contributed by atoms with van der Waals surface area (Å²) in [5.41, 5.74) is 2.97. The normalized spacial score (nSPS) is 48.0. The van der Waals surface area contributed by atoms with Crippen LogP contribution in [0.25, 0.3) is 0 Å². The van der Waals surface area contributed by atoms with Crippen LogP contribution in [-0.2, 0) is 14.3 Å². The summed E-state index contributed by atoms with van der Waals surface area (Å²) in [5, 5.41) is 10.3. The molecule has 5 aliphatic carbocycles. The molecule has 186 valence electrons. The Balaban J connectivity index is 1.59. The largest absolute Gasteiger partial charge is 0.504 e. The smallest absolute Gasteiger partial charge is 0.311 e. The number of methoxy groups -OCH3 is 1. The van der Waals surface area contributed by atoms with Gasteiger partial charge in [-0.2, -0.15) is 0 Å². The van der Waals surface area contributed by atoms with Crippen LogP contribution in [0.2, 0.25) is 0 Å². The van der Waals surface area contributed by atoms with Crippen molar-refractivity contribution in [1.82, 2.24) is 0 Å². The van der Waals surface area contributed by atoms with E-state index in [4.69, 9.17) is 4.74 Å². The summed E-state index contributed by atoms with van der Waals surface area (Å²) in [6, 6.07) is 0. The number of allylic oxidation sites excluding steroid dienone is 5. The zero-order valence-electron chi connectivity index (χ0n) is 22.1. The van der Waals surface area contributed by atoms with E-state index in [0.29, 0.717) is 11.8 Å². The molecule has 0 amide bonds. The zero-order chi connectivity index (χ0) is 24.9. The summed E-state index contributed by atoms with van der Waals surface area (Å²) in [6.45, 7) is 13.9. The highest BCUT2D eigenvalue weighted by molar-refractivity contribution is 6.06. The summed E-state index contributed by atoms with van der Waals surface area (Å²) >= 11 is 0. The highest BCUT2D eigenvalue weighted by atomic mass is 16.5. The van der Waals surface area contributed by atoms with E-state index in [1.54, 1.807) is 6.08 Å². The van der Waals surface area contributed by atoms with E-state index in [1.165, 1.54) is 20.0 Å². The molecule has 0 saturated heterocycles. The van der Waals surface area contributed by atoms with E-state index in [1.807, 2.05) is 6.92 Å². The Morgan fingerprint density at radius 2 is 1.59 bits per heavy atom. The van der Waals surface area contributed by atoms with Gasteiger partial charge < -0.3 is 9.84 Å². The molecule has 4 heteroatoms. The first kappa shape index (κ1) is 23.9. The maximum Gasteiger partial charge on any atom is 0.311 e. The summed E-state index contributed by atoms with van der Waals surface area (Å²) in [5.74, 6) is 0.512. The second kappa shape index (κ2) is 7.11. The van der Waals surface area contributed by atoms with Crippen LogP contribution in [0.3, 0.4) is 0 Å². The van der Waals surface area contributed by atoms with Crippen LogP contribution >= 0.6 is 0 Å². The molecule has 3 fully saturated rings. The first-order valence-corrected chi connectivity index (χ1v) is 13.2. The van der Waals surface area contributed by atoms with E-state index in [0.717, 1.165) is 55.2 Å². The lowest BCUT2D eigenvalue weighted by Gasteiger charge is -2.72. The van der Waals surface area contributed by atoms with Gasteiger partial charge in [-0.1, -0.05) is 33.8 Å². The first-order valence-electron chi connectivity index (χ1n) is 13.2. The van der Waals surface area contributed by atoms with Crippen molar-refractivity contribution in [3.63, 3.8) is 0 Å². The number of carbonyl (C=O) groups is 2. The highest BCUT2D eigenvalue weighted by Gasteiger charge is 2.68. The second-order valence-corrected chi connectivity index (χ2v) is 13.5. The molecule has 4 nitrogen and oxygen atoms in total. The molecule has 3 saturated carbocycles. The number of ether oxygens (including phenoxy) is 1. The van der Waals surface area contributed by atoms with Gasteiger partial charge in [0.15, 0.2) is 5.76 Å². The Morgan fingerprint density at radius 1 is 0.971 bits per heavy atom. The fraction of sp³-hybridized carbons (Fsp3) is 0.733. The molecule has 1 N–H and O–H groups in total. The van der Waals surface area contributed by atoms with Gasteiger partial charge in [-0.15, -0.1) is 0 Å². The molecule has 5 aliphatic rings. The number of aliphatic hydroxyl groups excluding tert-OH is 1. The molecule has 0 aromatic rings. The van der Waals surface area contributed by atoms with Gasteiger partial charge in [0.25, 0.3) is 0 Å². The molecule has 0 aliphatic heterocycles. The molecular formula is C30H42O4. The highest BCUT2D eigenvalue weighted by Crippen LogP contribution is 2.76. The molecule has 7 atom stereocenters. The van der Waals surface area contributed by atoms with Crippen LogP contribution in [-0.4, -0.2) is 24.0 Å². The Morgan fingerprint density at radius 3 is 2.26 bits per heavy atom. The standard InChI is InChI=1S/C30H42O4/c1-18-19-8-9-22-28(4,20(19)16-21(31)24(18)32)13-15-30(6)23-17-27(3,25(33)34-7)11-10-26(23,2)12-14-29(22,30)5/h8,16,22-23,32H,9-15,17H2,1-7H3. The molecular weight excluding hydrogens is 424 g/mol. The average molecular weight is 467 g/mol. The van der Waals surface area contributed by atoms with Crippen molar-refractivity contribution in [3.05, 3.63) is 34.6 Å². The van der Waals surface area contributed by atoms with E-state index in [2.05, 4.69) is 40.7 Å². The minimum Gasteiger partial charge on any atom is -0.504 e. The lowest BCUT2D eigenvalue weighted by Crippen LogP contribution is -2.64. The average Bonchev–Trinajstić information content (AvgIpc) is 2.80. The zero-order valence-corrected chi connectivity index (χ0v) is 22.1. The van der Waals surface area contributed by atoms with Gasteiger partial charge in [-0.05, 0) is 116 Å². The fourth-order valence-corrected chi connectivity index (χ4v) is 9.52. The number of hydrogen-bond acceptors (Lipinski definition) is 4. The van der Waals surface area contributed by atoms with Crippen LogP contribution in [0.5, 0.6) is 0 Å². The van der Waals surface area contributed by atoms with E-state index >= 15 is 0 Å². The molecule has 0 aromatic heterocycles. The van der Waals surface area contributed by atoms with Crippen molar-refractivity contribution in [2.75, 3.05) is 7.11 Å². The third-order valence-electron chi connectivity index (χ3n) is 12.1. The predicted octanol–water partition coefficient (Wildman–Crippen LogP) is 6.87. The Bertz CT molecular complexity index is 1060. The number of carbonyl (C=O) groups excluding carboxylic acids is 2. The number of ketones is 1. The monoisotopic (exact) mass is 466 g/mol. The van der Waals surface area contributed by atoms with Gasteiger partial charge in [-0.25, -0.2) is 0 Å². The van der Waals surface area contributed by atoms with Crippen molar-refractivity contribution in [3.8, 4) is 0 Å². The Labute approximate surface area is 204 Å². The third-order valence-corrected chi connectivity index (χ3v) is 12.1. The first-order chi connectivity index (χ1) is 15.8. The van der Waals surface area contributed by atoms with Crippen molar-refractivity contribution in [2.45, 2.75) is 92.9 Å². The Kier molecular flexibility index (Phi) is 4.99. The maximum absolute atomic E-state index is 12.8. The third kappa shape index (κ3) is 2.77. The van der Waals surface area contributed by atoms with Gasteiger partial charge in [-0.3, -0.25) is 9.59 Å². The van der Waals surface area contributed by atoms with E-state index in [-0.39, 0.29) is 39.2 Å². The molecule has 5 rings (SSSR count). The van der Waals surface area contributed by atoms with Crippen molar-refractivity contribution < 1.29 is 19.4 Å². The van der Waals surface area contributed by atoms with Crippen LogP contribution in [0.15, 0.2) is 34.6 Å². The van der Waals surface area contributed by atoms with Gasteiger partial charge >= 0.3 is 5.97 Å². The molecule has 7 unspecified atom stereocenters. The SMILES string of the molecule is COC(=O)C1(C)CCC2(C)CCC3(C)C4CC=C5C(=CC(=O)C(O)=C5C)C4(C)CCC3(C)C2C1. The van der Waals surface area contributed by atoms with Gasteiger partial charge in [0.2, 0.25) is 5.78 Å². The molecule has 0 heterocycles. The van der Waals surface area contributed by atoms with Crippen LogP contribution < -0.4 is 0 Å². The van der Waals surface area contributed by atoms with Crippen LogP contribution in [0.1, 0.15) is 92.9 Å². The maximum atomic E-state index is 12.8. The summed E-state index contributed by atoms with van der Waals surface area (Å²) in [4.78, 5) is 25.5. The van der Waals surface area contributed by atoms with Gasteiger partial charge in [0.1, 0.15) is 0 Å². The second-order valence-electron chi connectivity index (χ2n) is 13.5. The number of hydrogen-bond donors (Lipinski definition) is 1. The lowest BCUT2D eigenvalue weighted by molar-refractivity contribution is -0.218. The summed E-state index contributed by atoms with van der Waals surface area (Å²) < 4.78 is 5.28. The number of esters is 1. The number of rotatable bonds is 1. The van der Waals surface area contributed by atoms with E-state index < -0.39 is 5.41 Å². The van der Waals surface area contributed by atoms with E-state index in [9.17, 15) is 14.7 Å². The van der Waals surface area contributed by atoms with Gasteiger partial charge in [0.05, 0.1) is 12.5 Å². The molecule has 0 bridgehead atoms. The topological polar surface area (TPSA) is 63.6 Å². The van der Waals surface area contributed by atoms with Crippen LogP contribution in [0, 0.1) is 38.9 Å². The van der Waals surface area contributed by atoms with Gasteiger partial charge in [0, 0.05) is 5.57 Å². The van der Waals surface area contributed by atoms with Crippen molar-refractivity contribution >= 4 is 11.8 Å². The van der Waals surface area contributed by atoms with Crippen LogP contribution in [0.4, 0.5) is 0 Å². The summed E-state index contributed by atoms with van der Waals surface area (Å²) in [7, 11) is 1.53.